The molecule has 0 N–H and O–H groups in total. The number of allylic oxidation sites excluding steroid dienone is 1. The lowest BCUT2D eigenvalue weighted by Crippen LogP contribution is -2.35. The number of nitrogens with zero attached hydrogens (tertiary/aromatic N) is 2. The Morgan fingerprint density at radius 1 is 1.08 bits per heavy atom. The molecular formula is C27H27ClF2N2O4S. The molecule has 1 atom stereocenters. The van der Waals surface area contributed by atoms with Crippen LogP contribution in [0.5, 0.6) is 5.75 Å². The minimum atomic E-state index is -4.37. The van der Waals surface area contributed by atoms with Crippen molar-refractivity contribution >= 4 is 33.2 Å². The van der Waals surface area contributed by atoms with Crippen molar-refractivity contribution < 1.29 is 26.7 Å². The zero-order valence-electron chi connectivity index (χ0n) is 20.6. The zero-order chi connectivity index (χ0) is 27.2. The molecule has 0 aromatic heterocycles. The van der Waals surface area contributed by atoms with E-state index >= 15 is 0 Å². The van der Waals surface area contributed by atoms with Gasteiger partial charge in [0.1, 0.15) is 24.0 Å². The van der Waals surface area contributed by atoms with E-state index in [2.05, 4.69) is 0 Å². The van der Waals surface area contributed by atoms with Crippen LogP contribution in [0.1, 0.15) is 25.5 Å². The van der Waals surface area contributed by atoms with Crippen LogP contribution in [0.4, 0.5) is 14.5 Å². The summed E-state index contributed by atoms with van der Waals surface area (Å²) in [4.78, 5) is 13.3. The molecule has 37 heavy (non-hydrogen) atoms. The first-order valence-corrected chi connectivity index (χ1v) is 13.2. The highest BCUT2D eigenvalue weighted by atomic mass is 35.5. The highest BCUT2D eigenvalue weighted by molar-refractivity contribution is 7.92. The Kier molecular flexibility index (Phi) is 9.29. The van der Waals surface area contributed by atoms with Crippen molar-refractivity contribution in [3.63, 3.8) is 0 Å². The van der Waals surface area contributed by atoms with Crippen LogP contribution in [0.3, 0.4) is 0 Å². The fourth-order valence-corrected chi connectivity index (χ4v) is 5.44. The van der Waals surface area contributed by atoms with Crippen molar-refractivity contribution in [1.29, 1.82) is 0 Å². The van der Waals surface area contributed by atoms with Crippen molar-refractivity contribution in [2.24, 2.45) is 0 Å². The van der Waals surface area contributed by atoms with Crippen molar-refractivity contribution in [2.45, 2.75) is 24.8 Å². The lowest BCUT2D eigenvalue weighted by molar-refractivity contribution is -0.125. The Balaban J connectivity index is 2.02. The summed E-state index contributed by atoms with van der Waals surface area (Å²) in [6, 6.07) is 13.7. The maximum atomic E-state index is 15.0. The van der Waals surface area contributed by atoms with Gasteiger partial charge in [0, 0.05) is 23.7 Å². The Morgan fingerprint density at radius 3 is 2.43 bits per heavy atom. The van der Waals surface area contributed by atoms with Crippen LogP contribution >= 0.6 is 11.6 Å². The fraction of sp³-hybridized carbons (Fsp3) is 0.222. The van der Waals surface area contributed by atoms with Gasteiger partial charge in [-0.25, -0.2) is 17.2 Å². The predicted molar refractivity (Wildman–Crippen MR) is 140 cm³/mol. The second-order valence-corrected chi connectivity index (χ2v) is 10.4. The molecule has 10 heteroatoms. The standard InChI is InChI=1S/C27H27ClF2N2O4S/c1-4-7-27(33)31(3)16-17-36-26-9-6-5-8-23(26)19(2)32(25-18-21(29)12-15-24(25)30)37(34,35)22-13-10-20(28)11-14-22/h4-15,18-19H,16-17H2,1-3H3/b7-4+. The number of hydrogen-bond acceptors (Lipinski definition) is 4. The molecule has 6 nitrogen and oxygen atoms in total. The van der Waals surface area contributed by atoms with E-state index in [9.17, 15) is 22.0 Å². The lowest BCUT2D eigenvalue weighted by atomic mass is 10.1. The highest BCUT2D eigenvalue weighted by Crippen LogP contribution is 2.38. The Morgan fingerprint density at radius 2 is 1.76 bits per heavy atom. The SMILES string of the molecule is C/C=C/C(=O)N(C)CCOc1ccccc1C(C)N(c1cc(F)ccc1F)S(=O)(=O)c1ccc(Cl)cc1. The van der Waals surface area contributed by atoms with Gasteiger partial charge in [0.05, 0.1) is 23.2 Å². The molecule has 0 saturated heterocycles. The predicted octanol–water partition coefficient (Wildman–Crippen LogP) is 5.99. The van der Waals surface area contributed by atoms with Gasteiger partial charge >= 0.3 is 0 Å². The number of para-hydroxylation sites is 1. The minimum absolute atomic E-state index is 0.127. The monoisotopic (exact) mass is 548 g/mol. The fourth-order valence-electron chi connectivity index (χ4n) is 3.68. The number of rotatable bonds is 10. The van der Waals surface area contributed by atoms with Crippen LogP contribution in [0, 0.1) is 11.6 Å². The number of amides is 1. The molecule has 0 radical (unpaired) electrons. The van der Waals surface area contributed by atoms with Crippen molar-refractivity contribution in [3.05, 3.63) is 101 Å². The molecule has 0 aliphatic heterocycles. The maximum Gasteiger partial charge on any atom is 0.264 e. The molecule has 0 fully saturated rings. The van der Waals surface area contributed by atoms with Crippen LogP contribution in [0.25, 0.3) is 0 Å². The third-order valence-electron chi connectivity index (χ3n) is 5.61. The number of ether oxygens (including phenoxy) is 1. The number of benzene rings is 3. The Bertz CT molecular complexity index is 1380. The lowest BCUT2D eigenvalue weighted by Gasteiger charge is -2.32. The Labute approximate surface area is 220 Å². The topological polar surface area (TPSA) is 66.9 Å². The molecule has 0 bridgehead atoms. The largest absolute Gasteiger partial charge is 0.491 e. The molecule has 1 amide bonds. The summed E-state index contributed by atoms with van der Waals surface area (Å²) >= 11 is 5.93. The quantitative estimate of drug-likeness (QED) is 0.292. The number of hydrogen-bond donors (Lipinski definition) is 0. The second-order valence-electron chi connectivity index (χ2n) is 8.17. The maximum absolute atomic E-state index is 15.0. The molecule has 0 aliphatic rings. The van der Waals surface area contributed by atoms with Crippen LogP contribution in [-0.2, 0) is 14.8 Å². The van der Waals surface area contributed by atoms with E-state index in [-0.39, 0.29) is 24.0 Å². The number of likely N-dealkylation sites (N-methyl/N-ethyl adjacent to an activating group) is 1. The summed E-state index contributed by atoms with van der Waals surface area (Å²) in [6.07, 6.45) is 3.07. The molecule has 0 aliphatic carbocycles. The number of carbonyl (C=O) groups excluding carboxylic acids is 1. The molecule has 3 aromatic rings. The van der Waals surface area contributed by atoms with Crippen LogP contribution < -0.4 is 9.04 Å². The van der Waals surface area contributed by atoms with Crippen LogP contribution in [0.15, 0.2) is 83.8 Å². The third kappa shape index (κ3) is 6.67. The van der Waals surface area contributed by atoms with Gasteiger partial charge in [0.15, 0.2) is 0 Å². The van der Waals surface area contributed by atoms with E-state index < -0.39 is 33.4 Å². The van der Waals surface area contributed by atoms with Crippen molar-refractivity contribution in [2.75, 3.05) is 24.5 Å². The van der Waals surface area contributed by atoms with Crippen LogP contribution in [0.2, 0.25) is 5.02 Å². The molecular weight excluding hydrogens is 522 g/mol. The summed E-state index contributed by atoms with van der Waals surface area (Å²) in [5.74, 6) is -1.55. The van der Waals surface area contributed by atoms with Gasteiger partial charge in [0.25, 0.3) is 10.0 Å². The average Bonchev–Trinajstić information content (AvgIpc) is 2.86. The van der Waals surface area contributed by atoms with E-state index in [4.69, 9.17) is 16.3 Å². The number of sulfonamides is 1. The highest BCUT2D eigenvalue weighted by Gasteiger charge is 2.34. The van der Waals surface area contributed by atoms with E-state index in [1.165, 1.54) is 35.2 Å². The Hall–Kier alpha value is -3.43. The molecule has 0 heterocycles. The van der Waals surface area contributed by atoms with Gasteiger partial charge in [-0.2, -0.15) is 0 Å². The third-order valence-corrected chi connectivity index (χ3v) is 7.76. The van der Waals surface area contributed by atoms with Gasteiger partial charge in [-0.05, 0) is 62.4 Å². The smallest absolute Gasteiger partial charge is 0.264 e. The number of halogens is 3. The summed E-state index contributed by atoms with van der Waals surface area (Å²) in [6.45, 7) is 3.70. The molecule has 0 spiro atoms. The number of carbonyl (C=O) groups is 1. The first kappa shape index (κ1) is 28.1. The van der Waals surface area contributed by atoms with E-state index in [1.807, 2.05) is 0 Å². The van der Waals surface area contributed by atoms with E-state index in [1.54, 1.807) is 51.2 Å². The summed E-state index contributed by atoms with van der Waals surface area (Å²) in [5.41, 5.74) is -0.0277. The van der Waals surface area contributed by atoms with E-state index in [0.29, 0.717) is 16.3 Å². The summed E-state index contributed by atoms with van der Waals surface area (Å²) < 4.78 is 63.4. The van der Waals surface area contributed by atoms with Crippen molar-refractivity contribution in [3.8, 4) is 5.75 Å². The number of anilines is 1. The molecule has 1 unspecified atom stereocenters. The van der Waals surface area contributed by atoms with Gasteiger partial charge in [-0.1, -0.05) is 35.9 Å². The zero-order valence-corrected chi connectivity index (χ0v) is 22.1. The summed E-state index contributed by atoms with van der Waals surface area (Å²) in [5, 5.41) is 0.326. The van der Waals surface area contributed by atoms with Crippen LogP contribution in [-0.4, -0.2) is 39.4 Å². The molecule has 196 valence electrons. The normalized spacial score (nSPS) is 12.4. The molecule has 3 rings (SSSR count). The van der Waals surface area contributed by atoms with Gasteiger partial charge in [-0.15, -0.1) is 0 Å². The van der Waals surface area contributed by atoms with Gasteiger partial charge in [0.2, 0.25) is 5.91 Å². The first-order chi connectivity index (χ1) is 17.6. The molecule has 3 aromatic carbocycles. The van der Waals surface area contributed by atoms with Gasteiger partial charge < -0.3 is 9.64 Å². The second kappa shape index (κ2) is 12.2. The van der Waals surface area contributed by atoms with Gasteiger partial charge in [-0.3, -0.25) is 9.10 Å². The minimum Gasteiger partial charge on any atom is -0.491 e. The first-order valence-electron chi connectivity index (χ1n) is 11.4. The van der Waals surface area contributed by atoms with E-state index in [0.717, 1.165) is 22.5 Å². The average molecular weight is 549 g/mol. The summed E-state index contributed by atoms with van der Waals surface area (Å²) in [7, 11) is -2.74. The van der Waals surface area contributed by atoms with Crippen molar-refractivity contribution in [1.82, 2.24) is 4.90 Å². The molecule has 0 saturated carbocycles.